The Bertz CT molecular complexity index is 757. The summed E-state index contributed by atoms with van der Waals surface area (Å²) < 4.78 is 5.22. The fourth-order valence-corrected chi connectivity index (χ4v) is 2.23. The Morgan fingerprint density at radius 1 is 1.30 bits per heavy atom. The van der Waals surface area contributed by atoms with Gasteiger partial charge in [0.15, 0.2) is 5.69 Å². The molecule has 0 spiro atoms. The van der Waals surface area contributed by atoms with Crippen LogP contribution in [0.4, 0.5) is 0 Å². The van der Waals surface area contributed by atoms with Crippen LogP contribution in [-0.2, 0) is 4.79 Å². The van der Waals surface area contributed by atoms with Gasteiger partial charge in [-0.3, -0.25) is 9.59 Å². The van der Waals surface area contributed by atoms with Gasteiger partial charge in [0, 0.05) is 16.8 Å². The number of hydrogen-bond donors (Lipinski definition) is 1. The second kappa shape index (κ2) is 7.19. The summed E-state index contributed by atoms with van der Waals surface area (Å²) in [6, 6.07) is 8.87. The molecule has 0 aliphatic carbocycles. The lowest BCUT2D eigenvalue weighted by Crippen LogP contribution is -2.34. The average Bonchev–Trinajstić information content (AvgIpc) is 2.53. The number of carbonyl (C=O) groups excluding carboxylic acids is 1. The van der Waals surface area contributed by atoms with E-state index in [0.29, 0.717) is 5.02 Å². The number of carboxylic acids is 1. The number of amides is 1. The van der Waals surface area contributed by atoms with Crippen molar-refractivity contribution in [3.63, 3.8) is 0 Å². The third-order valence-corrected chi connectivity index (χ3v) is 3.39. The normalized spacial score (nSPS) is 10.1. The first-order valence-electron chi connectivity index (χ1n) is 6.69. The van der Waals surface area contributed by atoms with E-state index in [0.717, 1.165) is 15.9 Å². The molecule has 0 saturated carbocycles. The summed E-state index contributed by atoms with van der Waals surface area (Å²) in [4.78, 5) is 28.2. The van der Waals surface area contributed by atoms with Crippen LogP contribution in [0.15, 0.2) is 36.5 Å². The van der Waals surface area contributed by atoms with Gasteiger partial charge in [-0.1, -0.05) is 23.7 Å². The maximum atomic E-state index is 12.3. The molecular weight excluding hydrogens is 317 g/mol. The van der Waals surface area contributed by atoms with Crippen molar-refractivity contribution in [3.8, 4) is 16.9 Å². The lowest BCUT2D eigenvalue weighted by Gasteiger charge is -2.17. The number of halogens is 1. The molecule has 6 nitrogen and oxygen atoms in total. The van der Waals surface area contributed by atoms with Gasteiger partial charge in [0.1, 0.15) is 12.3 Å². The molecule has 0 fully saturated rings. The molecule has 2 aromatic rings. The highest BCUT2D eigenvalue weighted by molar-refractivity contribution is 6.30. The number of rotatable bonds is 5. The first kappa shape index (κ1) is 16.9. The van der Waals surface area contributed by atoms with Crippen molar-refractivity contribution < 1.29 is 19.3 Å². The van der Waals surface area contributed by atoms with Gasteiger partial charge in [-0.2, -0.15) is 0 Å². The highest BCUT2D eigenvalue weighted by atomic mass is 35.5. The van der Waals surface area contributed by atoms with Gasteiger partial charge < -0.3 is 14.6 Å². The molecule has 1 amide bonds. The monoisotopic (exact) mass is 330 g/mol. The summed E-state index contributed by atoms with van der Waals surface area (Å²) in [5, 5.41) is 9.35. The molecule has 0 aliphatic heterocycles. The van der Waals surface area contributed by atoms with Crippen molar-refractivity contribution in [1.29, 1.82) is 0 Å². The van der Waals surface area contributed by atoms with E-state index in [1.807, 2.05) is 12.1 Å². The predicted molar refractivity (Wildman–Crippen MR) is 91.1 cm³/mol. The number of carbonyl (C=O) groups is 2. The van der Waals surface area contributed by atoms with E-state index in [9.17, 15) is 9.59 Å². The van der Waals surface area contributed by atoms with E-state index in [1.54, 1.807) is 18.2 Å². The van der Waals surface area contributed by atoms with E-state index >= 15 is 0 Å². The van der Waals surface area contributed by atoms with Gasteiger partial charge in [-0.15, -0.1) is 0 Å². The second-order valence-corrected chi connectivity index (χ2v) is 5.28. The van der Waals surface area contributed by atoms with Crippen LogP contribution < -0.4 is 4.65 Å². The lowest BCUT2D eigenvalue weighted by atomic mass is 10.1. The summed E-state index contributed by atoms with van der Waals surface area (Å²) in [6.45, 7) is -0.417. The Morgan fingerprint density at radius 2 is 2.04 bits per heavy atom. The topological polar surface area (TPSA) is 79.7 Å². The van der Waals surface area contributed by atoms with Gasteiger partial charge in [0.05, 0.1) is 0 Å². The molecular formula is C14H13B2ClN2O4. The Balaban J connectivity index is 2.37. The first-order valence-corrected chi connectivity index (χ1v) is 7.07. The van der Waals surface area contributed by atoms with Crippen molar-refractivity contribution in [1.82, 2.24) is 9.79 Å². The minimum Gasteiger partial charge on any atom is -0.566 e. The van der Waals surface area contributed by atoms with Crippen LogP contribution in [0.1, 0.15) is 10.5 Å². The average molecular weight is 330 g/mol. The van der Waals surface area contributed by atoms with E-state index in [2.05, 4.69) is 4.98 Å². The fraction of sp³-hybridized carbons (Fsp3) is 0.0714. The van der Waals surface area contributed by atoms with Crippen molar-refractivity contribution in [2.24, 2.45) is 0 Å². The number of aliphatic carboxylic acids is 1. The first-order chi connectivity index (χ1) is 10.9. The molecule has 2 rings (SSSR count). The summed E-state index contributed by atoms with van der Waals surface area (Å²) >= 11 is 5.97. The standard InChI is InChI=1S/C14H13B2ClN2O4/c15-19(7-12(20)21)14(22)13-11(23-16)5-9(6-18-13)8-2-1-3-10(17)4-8/h1-6H,7,15-16H2,(H,20,21). The maximum absolute atomic E-state index is 12.3. The Labute approximate surface area is 139 Å². The van der Waals surface area contributed by atoms with Crippen molar-refractivity contribution in [2.45, 2.75) is 0 Å². The number of hydrogen-bond acceptors (Lipinski definition) is 4. The Kier molecular flexibility index (Phi) is 5.28. The minimum absolute atomic E-state index is 0.0574. The molecule has 0 saturated heterocycles. The number of nitrogens with zero attached hydrogens (tertiary/aromatic N) is 2. The van der Waals surface area contributed by atoms with Crippen LogP contribution in [0, 0.1) is 0 Å². The quantitative estimate of drug-likeness (QED) is 0.803. The number of pyridine rings is 1. The molecule has 1 aromatic carbocycles. The zero-order valence-electron chi connectivity index (χ0n) is 12.6. The van der Waals surface area contributed by atoms with Crippen molar-refractivity contribution >= 4 is 39.5 Å². The highest BCUT2D eigenvalue weighted by Gasteiger charge is 2.20. The smallest absolute Gasteiger partial charge is 0.322 e. The third kappa shape index (κ3) is 4.04. The van der Waals surface area contributed by atoms with E-state index < -0.39 is 18.4 Å². The van der Waals surface area contributed by atoms with E-state index in [-0.39, 0.29) is 11.4 Å². The molecule has 23 heavy (non-hydrogen) atoms. The van der Waals surface area contributed by atoms with Crippen LogP contribution in [0.2, 0.25) is 5.02 Å². The lowest BCUT2D eigenvalue weighted by molar-refractivity contribution is -0.136. The number of aromatic nitrogens is 1. The summed E-state index contributed by atoms with van der Waals surface area (Å²) in [6.07, 6.45) is 1.52. The summed E-state index contributed by atoms with van der Waals surface area (Å²) in [5.41, 5.74) is 1.63. The molecule has 0 bridgehead atoms. The zero-order valence-corrected chi connectivity index (χ0v) is 13.4. The van der Waals surface area contributed by atoms with Gasteiger partial charge in [-0.05, 0) is 23.8 Å². The molecule has 0 aliphatic rings. The fourth-order valence-electron chi connectivity index (χ4n) is 2.04. The highest BCUT2D eigenvalue weighted by Crippen LogP contribution is 2.27. The third-order valence-electron chi connectivity index (χ3n) is 3.15. The van der Waals surface area contributed by atoms with Crippen LogP contribution >= 0.6 is 11.6 Å². The molecule has 1 N–H and O–H groups in total. The molecule has 0 atom stereocenters. The molecule has 1 aromatic heterocycles. The molecule has 116 valence electrons. The van der Waals surface area contributed by atoms with E-state index in [4.69, 9.17) is 21.4 Å². The van der Waals surface area contributed by atoms with Crippen LogP contribution in [0.3, 0.4) is 0 Å². The van der Waals surface area contributed by atoms with Crippen LogP contribution in [-0.4, -0.2) is 49.4 Å². The van der Waals surface area contributed by atoms with Gasteiger partial charge in [-0.25, -0.2) is 4.98 Å². The zero-order chi connectivity index (χ0) is 17.0. The van der Waals surface area contributed by atoms with E-state index in [1.165, 1.54) is 22.2 Å². The molecule has 0 unspecified atom stereocenters. The predicted octanol–water partition coefficient (Wildman–Crippen LogP) is 0.404. The second-order valence-electron chi connectivity index (χ2n) is 4.84. The summed E-state index contributed by atoms with van der Waals surface area (Å²) in [5.74, 6) is -1.36. The van der Waals surface area contributed by atoms with Gasteiger partial charge in [0.25, 0.3) is 5.91 Å². The maximum Gasteiger partial charge on any atom is 0.322 e. The van der Waals surface area contributed by atoms with Gasteiger partial charge >= 0.3 is 14.0 Å². The van der Waals surface area contributed by atoms with Crippen LogP contribution in [0.25, 0.3) is 11.1 Å². The minimum atomic E-state index is -1.10. The van der Waals surface area contributed by atoms with Crippen LogP contribution in [0.5, 0.6) is 5.75 Å². The Morgan fingerprint density at radius 3 is 2.65 bits per heavy atom. The molecule has 1 heterocycles. The summed E-state index contributed by atoms with van der Waals surface area (Å²) in [7, 11) is 2.81. The number of benzene rings is 1. The SMILES string of the molecule is BOc1cc(-c2cccc(Cl)c2)cnc1C(=O)N(B)CC(=O)O. The Hall–Kier alpha value is -2.47. The molecule has 0 radical (unpaired) electrons. The van der Waals surface area contributed by atoms with Gasteiger partial charge in [0.2, 0.25) is 7.98 Å². The molecule has 9 heteroatoms. The number of carboxylic acid groups (broad SMARTS) is 1. The largest absolute Gasteiger partial charge is 0.566 e. The van der Waals surface area contributed by atoms with Crippen molar-refractivity contribution in [3.05, 3.63) is 47.2 Å². The van der Waals surface area contributed by atoms with Crippen molar-refractivity contribution in [2.75, 3.05) is 6.54 Å².